The van der Waals surface area contributed by atoms with Gasteiger partial charge in [0.05, 0.1) is 52.4 Å². The first kappa shape index (κ1) is 77.0. The molecule has 3 amide bonds. The van der Waals surface area contributed by atoms with Crippen molar-refractivity contribution in [1.29, 1.82) is 10.5 Å². The van der Waals surface area contributed by atoms with Crippen molar-refractivity contribution in [1.82, 2.24) is 48.2 Å². The molecule has 15 rings (SSSR count). The molecule has 5 aromatic heterocycles. The number of carbonyl (C=O) groups excluding carboxylic acids is 3. The summed E-state index contributed by atoms with van der Waals surface area (Å²) in [5.74, 6) is -0.00355. The number of halogens is 8. The number of rotatable bonds is 7. The number of nitrogens with zero attached hydrogens (tertiary/aromatic N) is 7. The first-order valence-corrected chi connectivity index (χ1v) is 38.4. The molecular weight excluding hydrogens is 1420 g/mol. The van der Waals surface area contributed by atoms with Crippen LogP contribution < -0.4 is 0 Å². The van der Waals surface area contributed by atoms with Crippen LogP contribution in [0.1, 0.15) is 140 Å². The minimum absolute atomic E-state index is 0.0383. The maximum absolute atomic E-state index is 13.7. The van der Waals surface area contributed by atoms with Gasteiger partial charge in [-0.05, 0) is 164 Å². The molecule has 5 aliphatic heterocycles. The second-order valence-electron chi connectivity index (χ2n) is 27.2. The Labute approximate surface area is 607 Å². The van der Waals surface area contributed by atoms with Gasteiger partial charge in [-0.15, -0.1) is 0 Å². The highest BCUT2D eigenvalue weighted by molar-refractivity contribution is 7.88. The molecule has 19 nitrogen and oxygen atoms in total. The summed E-state index contributed by atoms with van der Waals surface area (Å²) in [6.45, 7) is 10.7. The summed E-state index contributed by atoms with van der Waals surface area (Å²) in [6, 6.07) is 25.4. The molecule has 3 saturated heterocycles. The number of likely N-dealkylation sites (tertiary alicyclic amines) is 2. The third-order valence-electron chi connectivity index (χ3n) is 20.6. The SMILES string of the molecule is CC(=O)N1CC=C(c2c[nH]c3c(F)cc(F)cc23)CC1.CC(=O)N1CCC(c2c[nH]c3cc(C(F)(F)F)ccc23)CC1.CC(=O)N1CCC(c2c[nH]c3ccc(C#N)cc23)CC1.CS(=O)(=O)N1CC=C(c2c[nH]c3ccc(C#N)cc23)CC1.CS(=O)(=O)N1CCC(c2c[nH]c3cc(C(F)(F)F)ccc23)CC1. The third kappa shape index (κ3) is 17.9. The average Bonchev–Trinajstić information content (AvgIpc) is 1.62. The normalized spacial score (nSPS) is 16.9. The lowest BCUT2D eigenvalue weighted by Gasteiger charge is -2.31. The standard InChI is InChI=1S/C16H17F3N2O.C16H17N3O.C15H17F3N2O2S.C15H14F2N2O.C15H15N3O2S/c1-10(22)21-6-4-11(5-7-21)14-9-20-15-8-12(16(17,18)19)2-3-13(14)15;1-11(20)19-6-4-13(5-7-19)15-10-18-16-3-2-12(9-17)8-14(15)16;1-23(21,22)20-6-4-10(5-7-20)13-9-19-14-8-11(15(16,17)18)2-3-12(13)14;1-9(20)19-4-2-10(3-5-19)13-8-18-15-12(13)6-11(16)7-14(15)17;1-21(19,20)18-6-4-12(5-7-18)14-10-17-15-3-2-11(9-16)8-13(14)15/h2-3,8-9,11,20H,4-7H2,1H3;2-3,8,10,13,18H,4-7H2,1H3;2-3,8-10,19H,4-7H2,1H3;2,6-8,18H,3-5H2,1H3;2-4,8,10,17H,5-7H2,1H3. The predicted octanol–water partition coefficient (Wildman–Crippen LogP) is 15.2. The first-order valence-electron chi connectivity index (χ1n) is 34.7. The lowest BCUT2D eigenvalue weighted by molar-refractivity contribution is -0.138. The number of hydrogen-bond donors (Lipinski definition) is 5. The van der Waals surface area contributed by atoms with E-state index in [1.54, 1.807) is 49.5 Å². The number of nitrogens with one attached hydrogen (secondary N) is 5. The van der Waals surface area contributed by atoms with Crippen molar-refractivity contribution in [3.63, 3.8) is 0 Å². The quantitative estimate of drug-likeness (QED) is 0.0949. The molecule has 5 aromatic carbocycles. The fourth-order valence-corrected chi connectivity index (χ4v) is 16.3. The molecule has 0 atom stereocenters. The van der Waals surface area contributed by atoms with Crippen molar-refractivity contribution in [2.24, 2.45) is 0 Å². The van der Waals surface area contributed by atoms with Crippen molar-refractivity contribution in [3.8, 4) is 12.1 Å². The van der Waals surface area contributed by atoms with Gasteiger partial charge in [0.1, 0.15) is 11.6 Å². The molecule has 5 aliphatic rings. The molecule has 0 bridgehead atoms. The molecule has 0 unspecified atom stereocenters. The third-order valence-corrected chi connectivity index (χ3v) is 23.1. The Morgan fingerprint density at radius 2 is 0.858 bits per heavy atom. The van der Waals surface area contributed by atoms with E-state index in [-0.39, 0.29) is 29.6 Å². The van der Waals surface area contributed by atoms with E-state index in [1.165, 1.54) is 45.7 Å². The van der Waals surface area contributed by atoms with Crippen molar-refractivity contribution in [2.75, 3.05) is 78.0 Å². The summed E-state index contributed by atoms with van der Waals surface area (Å²) in [5.41, 5.74) is 10.6. The van der Waals surface area contributed by atoms with Crippen molar-refractivity contribution in [3.05, 3.63) is 190 Å². The Balaban J connectivity index is 0.000000132. The molecule has 0 spiro atoms. The zero-order chi connectivity index (χ0) is 76.2. The fraction of sp³-hybridized carbons (Fsp3) is 0.364. The van der Waals surface area contributed by atoms with Gasteiger partial charge in [-0.2, -0.15) is 41.2 Å². The lowest BCUT2D eigenvalue weighted by Crippen LogP contribution is -2.37. The van der Waals surface area contributed by atoms with E-state index in [2.05, 4.69) is 43.3 Å². The van der Waals surface area contributed by atoms with Crippen LogP contribution in [0.25, 0.3) is 65.7 Å². The summed E-state index contributed by atoms with van der Waals surface area (Å²) in [7, 11) is -6.32. The number of hydrogen-bond acceptors (Lipinski definition) is 9. The minimum Gasteiger partial charge on any atom is -0.361 e. The molecule has 0 aliphatic carbocycles. The second-order valence-corrected chi connectivity index (χ2v) is 31.2. The maximum Gasteiger partial charge on any atom is 0.416 e. The van der Waals surface area contributed by atoms with E-state index in [4.69, 9.17) is 10.5 Å². The van der Waals surface area contributed by atoms with E-state index in [9.17, 15) is 66.3 Å². The number of sulfonamides is 2. The summed E-state index contributed by atoms with van der Waals surface area (Å²) in [5, 5.41) is 22.4. The second kappa shape index (κ2) is 31.9. The van der Waals surface area contributed by atoms with Gasteiger partial charge in [0, 0.05) is 183 Å². The number of H-pyrrole nitrogens is 5. The Morgan fingerprint density at radius 1 is 0.443 bits per heavy atom. The number of benzene rings is 5. The first-order chi connectivity index (χ1) is 50.2. The van der Waals surface area contributed by atoms with Crippen LogP contribution in [0.5, 0.6) is 0 Å². The van der Waals surface area contributed by atoms with Crippen molar-refractivity contribution < 1.29 is 66.3 Å². The molecule has 5 N–H and O–H groups in total. The molecule has 558 valence electrons. The Hall–Kier alpha value is -10.1. The van der Waals surface area contributed by atoms with Crippen LogP contribution in [0.3, 0.4) is 0 Å². The van der Waals surface area contributed by atoms with Gasteiger partial charge in [0.15, 0.2) is 0 Å². The number of aromatic nitrogens is 5. The summed E-state index contributed by atoms with van der Waals surface area (Å²) < 4.78 is 153. The van der Waals surface area contributed by atoms with Crippen LogP contribution in [0.4, 0.5) is 35.1 Å². The number of nitriles is 2. The van der Waals surface area contributed by atoms with Crippen LogP contribution in [0.2, 0.25) is 0 Å². The van der Waals surface area contributed by atoms with E-state index in [0.29, 0.717) is 117 Å². The van der Waals surface area contributed by atoms with Gasteiger partial charge in [-0.1, -0.05) is 24.3 Å². The van der Waals surface area contributed by atoms with Crippen LogP contribution in [-0.4, -0.2) is 161 Å². The van der Waals surface area contributed by atoms with Gasteiger partial charge in [-0.25, -0.2) is 29.9 Å². The zero-order valence-electron chi connectivity index (χ0n) is 58.9. The average molecular weight is 1500 g/mol. The van der Waals surface area contributed by atoms with E-state index >= 15 is 0 Å². The van der Waals surface area contributed by atoms with Crippen LogP contribution >= 0.6 is 0 Å². The number of fused-ring (bicyclic) bond motifs is 5. The summed E-state index contributed by atoms with van der Waals surface area (Å²) in [4.78, 5) is 54.7. The molecule has 0 saturated carbocycles. The molecule has 0 radical (unpaired) electrons. The van der Waals surface area contributed by atoms with E-state index < -0.39 is 55.2 Å². The Kier molecular flexibility index (Phi) is 23.2. The monoisotopic (exact) mass is 1500 g/mol. The number of amides is 3. The van der Waals surface area contributed by atoms with Crippen LogP contribution in [-0.2, 0) is 46.8 Å². The summed E-state index contributed by atoms with van der Waals surface area (Å²) >= 11 is 0. The van der Waals surface area contributed by atoms with E-state index in [0.717, 1.165) is 135 Å². The van der Waals surface area contributed by atoms with Crippen LogP contribution in [0, 0.1) is 34.3 Å². The van der Waals surface area contributed by atoms with Gasteiger partial charge in [0.25, 0.3) is 0 Å². The highest BCUT2D eigenvalue weighted by Crippen LogP contribution is 2.41. The fourth-order valence-electron chi connectivity index (χ4n) is 14.7. The van der Waals surface area contributed by atoms with Crippen molar-refractivity contribution >= 4 is 103 Å². The lowest BCUT2D eigenvalue weighted by atomic mass is 9.89. The number of aromatic amines is 5. The highest BCUT2D eigenvalue weighted by Gasteiger charge is 2.34. The molecule has 3 fully saturated rings. The minimum atomic E-state index is -4.36. The molecular formula is C77H80F8N12O7S2. The Bertz CT molecular complexity index is 5320. The highest BCUT2D eigenvalue weighted by atomic mass is 32.2. The topological polar surface area (TPSA) is 262 Å². The van der Waals surface area contributed by atoms with E-state index in [1.807, 2.05) is 58.5 Å². The number of alkyl halides is 6. The summed E-state index contributed by atoms with van der Waals surface area (Å²) in [6.07, 6.45) is 13.2. The zero-order valence-corrected chi connectivity index (χ0v) is 60.5. The Morgan fingerprint density at radius 3 is 1.29 bits per heavy atom. The number of piperidine rings is 3. The van der Waals surface area contributed by atoms with Crippen LogP contribution in [0.15, 0.2) is 128 Å². The predicted molar refractivity (Wildman–Crippen MR) is 392 cm³/mol. The smallest absolute Gasteiger partial charge is 0.361 e. The molecule has 10 aromatic rings. The number of carbonyl (C=O) groups is 3. The van der Waals surface area contributed by atoms with Gasteiger partial charge < -0.3 is 39.6 Å². The largest absolute Gasteiger partial charge is 0.416 e. The molecule has 10 heterocycles. The van der Waals surface area contributed by atoms with Crippen molar-refractivity contribution in [2.45, 2.75) is 102 Å². The van der Waals surface area contributed by atoms with Gasteiger partial charge in [0.2, 0.25) is 37.8 Å². The molecule has 29 heteroatoms. The van der Waals surface area contributed by atoms with Gasteiger partial charge in [-0.3, -0.25) is 14.4 Å². The molecule has 106 heavy (non-hydrogen) atoms. The maximum atomic E-state index is 13.7. The van der Waals surface area contributed by atoms with Gasteiger partial charge >= 0.3 is 12.4 Å².